The Balaban J connectivity index is 1.79. The number of nitrogens with zero attached hydrogens (tertiary/aromatic N) is 1. The highest BCUT2D eigenvalue weighted by atomic mass is 32.2. The molecule has 4 rings (SSSR count). The lowest BCUT2D eigenvalue weighted by Crippen LogP contribution is -2.53. The van der Waals surface area contributed by atoms with Crippen molar-refractivity contribution in [2.45, 2.75) is 37.8 Å². The standard InChI is InChI=1S/C20H25N3O3S/c1-3-4-10-23-17(24)15-14(9-11-27-2)22-20(16(15)18(23)25)12-7-5-6-8-13(12)21-19(20)26/h5-8,14-16,22H,3-4,9-11H2,1-2H3,(H,21,26)/t14-,15-,16+,20-/m1/s1. The molecule has 0 aromatic heterocycles. The summed E-state index contributed by atoms with van der Waals surface area (Å²) in [6.45, 7) is 2.48. The number of rotatable bonds is 6. The molecule has 1 aromatic carbocycles. The van der Waals surface area contributed by atoms with Gasteiger partial charge < -0.3 is 5.32 Å². The van der Waals surface area contributed by atoms with Crippen LogP contribution >= 0.6 is 11.8 Å². The molecule has 0 radical (unpaired) electrons. The van der Waals surface area contributed by atoms with Crippen molar-refractivity contribution in [3.05, 3.63) is 29.8 Å². The van der Waals surface area contributed by atoms with Crippen molar-refractivity contribution in [1.29, 1.82) is 0 Å². The van der Waals surface area contributed by atoms with Gasteiger partial charge in [0.2, 0.25) is 17.7 Å². The van der Waals surface area contributed by atoms with Gasteiger partial charge in [0.05, 0.1) is 11.8 Å². The molecule has 144 valence electrons. The highest BCUT2D eigenvalue weighted by Crippen LogP contribution is 2.53. The maximum atomic E-state index is 13.3. The third-order valence-electron chi connectivity index (χ3n) is 6.08. The van der Waals surface area contributed by atoms with E-state index in [9.17, 15) is 14.4 Å². The average molecular weight is 388 g/mol. The summed E-state index contributed by atoms with van der Waals surface area (Å²) in [5, 5.41) is 6.38. The number of likely N-dealkylation sites (tertiary alicyclic amines) is 1. The molecule has 1 aromatic rings. The Morgan fingerprint density at radius 2 is 1.96 bits per heavy atom. The van der Waals surface area contributed by atoms with Gasteiger partial charge in [0.15, 0.2) is 0 Å². The Kier molecular flexibility index (Phi) is 4.76. The molecule has 1 spiro atoms. The van der Waals surface area contributed by atoms with Crippen LogP contribution in [-0.4, -0.2) is 47.2 Å². The second-order valence-corrected chi connectivity index (χ2v) is 8.51. The number of imide groups is 1. The van der Waals surface area contributed by atoms with Crippen LogP contribution in [-0.2, 0) is 19.9 Å². The Morgan fingerprint density at radius 3 is 2.70 bits per heavy atom. The van der Waals surface area contributed by atoms with E-state index < -0.39 is 17.4 Å². The first-order valence-corrected chi connectivity index (χ1v) is 11.0. The number of anilines is 1. The van der Waals surface area contributed by atoms with Crippen LogP contribution in [0.25, 0.3) is 0 Å². The minimum absolute atomic E-state index is 0.119. The summed E-state index contributed by atoms with van der Waals surface area (Å²) in [6, 6.07) is 7.31. The van der Waals surface area contributed by atoms with Crippen molar-refractivity contribution in [3.8, 4) is 0 Å². The fourth-order valence-electron chi connectivity index (χ4n) is 4.85. The zero-order valence-corrected chi connectivity index (χ0v) is 16.5. The van der Waals surface area contributed by atoms with Gasteiger partial charge in [-0.1, -0.05) is 31.5 Å². The van der Waals surface area contributed by atoms with E-state index in [1.54, 1.807) is 11.8 Å². The molecule has 6 nitrogen and oxygen atoms in total. The van der Waals surface area contributed by atoms with Crippen molar-refractivity contribution < 1.29 is 14.4 Å². The Hall–Kier alpha value is -1.86. The van der Waals surface area contributed by atoms with Gasteiger partial charge >= 0.3 is 0 Å². The maximum Gasteiger partial charge on any atom is 0.250 e. The first kappa shape index (κ1) is 18.5. The second kappa shape index (κ2) is 6.95. The SMILES string of the molecule is CCCCN1C(=O)[C@H]2[C@@H](C1=O)[C@@]1(N[C@@H]2CCSC)C(=O)Nc2ccccc21. The smallest absolute Gasteiger partial charge is 0.250 e. The van der Waals surface area contributed by atoms with Gasteiger partial charge in [0.25, 0.3) is 0 Å². The third kappa shape index (κ3) is 2.55. The third-order valence-corrected chi connectivity index (χ3v) is 6.73. The number of unbranched alkanes of at least 4 members (excludes halogenated alkanes) is 1. The molecule has 7 heteroatoms. The number of para-hydroxylation sites is 1. The number of nitrogens with one attached hydrogen (secondary N) is 2. The van der Waals surface area contributed by atoms with Gasteiger partial charge in [0.1, 0.15) is 5.54 Å². The lowest BCUT2D eigenvalue weighted by molar-refractivity contribution is -0.142. The fourth-order valence-corrected chi connectivity index (χ4v) is 5.34. The van der Waals surface area contributed by atoms with Gasteiger partial charge in [-0.3, -0.25) is 24.6 Å². The molecule has 3 heterocycles. The van der Waals surface area contributed by atoms with E-state index in [0.29, 0.717) is 6.54 Å². The van der Waals surface area contributed by atoms with Crippen LogP contribution in [0.5, 0.6) is 0 Å². The number of thioether (sulfide) groups is 1. The van der Waals surface area contributed by atoms with Crippen LogP contribution in [0.4, 0.5) is 5.69 Å². The number of amides is 3. The zero-order valence-electron chi connectivity index (χ0n) is 15.7. The summed E-state index contributed by atoms with van der Waals surface area (Å²) < 4.78 is 0. The molecule has 2 fully saturated rings. The van der Waals surface area contributed by atoms with Crippen molar-refractivity contribution in [2.75, 3.05) is 23.9 Å². The quantitative estimate of drug-likeness (QED) is 0.730. The minimum atomic E-state index is -1.14. The molecular formula is C20H25N3O3S. The van der Waals surface area contributed by atoms with E-state index in [0.717, 1.165) is 36.3 Å². The first-order chi connectivity index (χ1) is 13.1. The van der Waals surface area contributed by atoms with Gasteiger partial charge in [-0.2, -0.15) is 11.8 Å². The molecule has 0 saturated carbocycles. The number of hydrogen-bond acceptors (Lipinski definition) is 5. The topological polar surface area (TPSA) is 78.5 Å². The fraction of sp³-hybridized carbons (Fsp3) is 0.550. The van der Waals surface area contributed by atoms with E-state index in [1.807, 2.05) is 37.4 Å². The molecule has 27 heavy (non-hydrogen) atoms. The van der Waals surface area contributed by atoms with Crippen LogP contribution < -0.4 is 10.6 Å². The molecule has 4 atom stereocenters. The van der Waals surface area contributed by atoms with Crippen LogP contribution in [0.15, 0.2) is 24.3 Å². The molecule has 0 bridgehead atoms. The molecule has 0 aliphatic carbocycles. The van der Waals surface area contributed by atoms with E-state index >= 15 is 0 Å². The molecule has 3 aliphatic rings. The Morgan fingerprint density at radius 1 is 1.19 bits per heavy atom. The van der Waals surface area contributed by atoms with Gasteiger partial charge in [-0.05, 0) is 30.9 Å². The van der Waals surface area contributed by atoms with E-state index in [1.165, 1.54) is 4.90 Å². The largest absolute Gasteiger partial charge is 0.324 e. The number of carbonyl (C=O) groups is 3. The molecule has 2 saturated heterocycles. The summed E-state index contributed by atoms with van der Waals surface area (Å²) >= 11 is 1.71. The lowest BCUT2D eigenvalue weighted by atomic mass is 9.76. The van der Waals surface area contributed by atoms with E-state index in [4.69, 9.17) is 0 Å². The van der Waals surface area contributed by atoms with Crippen LogP contribution in [0, 0.1) is 11.8 Å². The van der Waals surface area contributed by atoms with Crippen molar-refractivity contribution in [1.82, 2.24) is 10.2 Å². The predicted octanol–water partition coefficient (Wildman–Crippen LogP) is 1.96. The number of benzene rings is 1. The summed E-state index contributed by atoms with van der Waals surface area (Å²) in [5.74, 6) is -0.813. The first-order valence-electron chi connectivity index (χ1n) is 9.59. The van der Waals surface area contributed by atoms with Crippen LogP contribution in [0.1, 0.15) is 31.7 Å². The normalized spacial score (nSPS) is 31.6. The van der Waals surface area contributed by atoms with E-state index in [2.05, 4.69) is 10.6 Å². The molecule has 3 amide bonds. The van der Waals surface area contributed by atoms with Gasteiger partial charge in [-0.15, -0.1) is 0 Å². The number of carbonyl (C=O) groups excluding carboxylic acids is 3. The van der Waals surface area contributed by atoms with Gasteiger partial charge in [-0.25, -0.2) is 0 Å². The monoisotopic (exact) mass is 387 g/mol. The van der Waals surface area contributed by atoms with Crippen molar-refractivity contribution in [3.63, 3.8) is 0 Å². The molecule has 0 unspecified atom stereocenters. The summed E-state index contributed by atoms with van der Waals surface area (Å²) in [6.07, 6.45) is 4.47. The molecule has 3 aliphatic heterocycles. The number of hydrogen-bond donors (Lipinski definition) is 2. The van der Waals surface area contributed by atoms with E-state index in [-0.39, 0.29) is 23.8 Å². The Labute approximate surface area is 163 Å². The van der Waals surface area contributed by atoms with Crippen LogP contribution in [0.2, 0.25) is 0 Å². The summed E-state index contributed by atoms with van der Waals surface area (Å²) in [7, 11) is 0. The second-order valence-electron chi connectivity index (χ2n) is 7.53. The molecular weight excluding hydrogens is 362 g/mol. The average Bonchev–Trinajstić information content (AvgIpc) is 3.24. The van der Waals surface area contributed by atoms with Crippen LogP contribution in [0.3, 0.4) is 0 Å². The summed E-state index contributed by atoms with van der Waals surface area (Å²) in [5.41, 5.74) is 0.375. The summed E-state index contributed by atoms with van der Waals surface area (Å²) in [4.78, 5) is 41.0. The van der Waals surface area contributed by atoms with Crippen molar-refractivity contribution in [2.24, 2.45) is 11.8 Å². The lowest BCUT2D eigenvalue weighted by Gasteiger charge is -2.29. The minimum Gasteiger partial charge on any atom is -0.324 e. The predicted molar refractivity (Wildman–Crippen MR) is 105 cm³/mol. The number of fused-ring (bicyclic) bond motifs is 4. The highest BCUT2D eigenvalue weighted by Gasteiger charge is 2.70. The Bertz CT molecular complexity index is 798. The van der Waals surface area contributed by atoms with Gasteiger partial charge in [0, 0.05) is 23.8 Å². The highest BCUT2D eigenvalue weighted by molar-refractivity contribution is 7.98. The molecule has 2 N–H and O–H groups in total. The maximum absolute atomic E-state index is 13.3. The zero-order chi connectivity index (χ0) is 19.2. The van der Waals surface area contributed by atoms with Crippen molar-refractivity contribution >= 4 is 35.2 Å².